The van der Waals surface area contributed by atoms with Gasteiger partial charge >= 0.3 is 5.97 Å². The molecule has 9 heteroatoms. The van der Waals surface area contributed by atoms with E-state index in [1.54, 1.807) is 25.4 Å². The summed E-state index contributed by atoms with van der Waals surface area (Å²) in [6.45, 7) is 6.89. The number of aliphatic carboxylic acids is 1. The highest BCUT2D eigenvalue weighted by Crippen LogP contribution is 2.37. The monoisotopic (exact) mass is 450 g/mol. The number of anilines is 4. The van der Waals surface area contributed by atoms with Gasteiger partial charge in [0.05, 0.1) is 24.0 Å². The van der Waals surface area contributed by atoms with E-state index in [4.69, 9.17) is 0 Å². The van der Waals surface area contributed by atoms with Crippen molar-refractivity contribution in [1.29, 1.82) is 0 Å². The molecule has 1 heterocycles. The SMILES string of the molecule is CN=Cc1nc(Nc2cc([C@H](C)CC(=O)O)ccc2N(CC(C)C)c2ccc(O)cc2)n[nH]1. The molecule has 0 amide bonds. The van der Waals surface area contributed by atoms with E-state index in [1.165, 1.54) is 0 Å². The van der Waals surface area contributed by atoms with Crippen LogP contribution < -0.4 is 10.2 Å². The van der Waals surface area contributed by atoms with E-state index in [-0.39, 0.29) is 18.1 Å². The first-order valence-electron chi connectivity index (χ1n) is 10.8. The van der Waals surface area contributed by atoms with E-state index in [9.17, 15) is 15.0 Å². The van der Waals surface area contributed by atoms with E-state index in [1.807, 2.05) is 37.3 Å². The van der Waals surface area contributed by atoms with Crippen LogP contribution in [-0.4, -0.2) is 51.2 Å². The molecule has 174 valence electrons. The molecular weight excluding hydrogens is 420 g/mol. The summed E-state index contributed by atoms with van der Waals surface area (Å²) in [4.78, 5) is 21.7. The summed E-state index contributed by atoms with van der Waals surface area (Å²) in [5.41, 5.74) is 3.45. The molecule has 0 aliphatic heterocycles. The van der Waals surface area contributed by atoms with Gasteiger partial charge in [0.2, 0.25) is 5.95 Å². The number of aromatic amines is 1. The van der Waals surface area contributed by atoms with Gasteiger partial charge in [-0.2, -0.15) is 4.98 Å². The van der Waals surface area contributed by atoms with Crippen molar-refractivity contribution in [3.63, 3.8) is 0 Å². The van der Waals surface area contributed by atoms with Crippen LogP contribution in [0.15, 0.2) is 47.5 Å². The van der Waals surface area contributed by atoms with Gasteiger partial charge in [0, 0.05) is 19.3 Å². The van der Waals surface area contributed by atoms with E-state index in [0.717, 1.165) is 29.2 Å². The molecular formula is C24H30N6O3. The zero-order valence-corrected chi connectivity index (χ0v) is 19.3. The normalized spacial score (nSPS) is 12.3. The number of hydrogen-bond acceptors (Lipinski definition) is 7. The second-order valence-corrected chi connectivity index (χ2v) is 8.35. The molecule has 4 N–H and O–H groups in total. The van der Waals surface area contributed by atoms with Crippen molar-refractivity contribution in [3.8, 4) is 5.75 Å². The molecule has 0 spiro atoms. The van der Waals surface area contributed by atoms with Gasteiger partial charge in [0.1, 0.15) is 5.75 Å². The number of aliphatic imine (C=N–C) groups is 1. The second kappa shape index (κ2) is 10.6. The average Bonchev–Trinajstić information content (AvgIpc) is 3.19. The first-order valence-corrected chi connectivity index (χ1v) is 10.8. The van der Waals surface area contributed by atoms with Gasteiger partial charge in [-0.15, -0.1) is 5.10 Å². The lowest BCUT2D eigenvalue weighted by molar-refractivity contribution is -0.137. The molecule has 0 aliphatic carbocycles. The topological polar surface area (TPSA) is 127 Å². The van der Waals surface area contributed by atoms with Gasteiger partial charge in [-0.1, -0.05) is 26.8 Å². The first-order chi connectivity index (χ1) is 15.8. The van der Waals surface area contributed by atoms with Gasteiger partial charge in [0.25, 0.3) is 0 Å². The fourth-order valence-electron chi connectivity index (χ4n) is 3.55. The van der Waals surface area contributed by atoms with Crippen LogP contribution in [-0.2, 0) is 4.79 Å². The number of nitrogens with one attached hydrogen (secondary N) is 2. The number of hydrogen-bond donors (Lipinski definition) is 4. The van der Waals surface area contributed by atoms with Gasteiger partial charge < -0.3 is 20.4 Å². The quantitative estimate of drug-likeness (QED) is 0.330. The van der Waals surface area contributed by atoms with Gasteiger partial charge in [-0.3, -0.25) is 14.9 Å². The first kappa shape index (κ1) is 23.8. The third kappa shape index (κ3) is 6.31. The lowest BCUT2D eigenvalue weighted by Crippen LogP contribution is -2.23. The summed E-state index contributed by atoms with van der Waals surface area (Å²) in [6, 6.07) is 12.9. The van der Waals surface area contributed by atoms with Crippen LogP contribution >= 0.6 is 0 Å². The predicted octanol–water partition coefficient (Wildman–Crippen LogP) is 4.67. The number of carbonyl (C=O) groups is 1. The minimum absolute atomic E-state index is 0.0320. The van der Waals surface area contributed by atoms with E-state index >= 15 is 0 Å². The fourth-order valence-corrected chi connectivity index (χ4v) is 3.55. The standard InChI is InChI=1S/C24H30N6O3/c1-15(2)14-30(18-6-8-19(31)9-7-18)21-10-5-17(16(3)11-23(32)33)12-20(21)26-24-27-22(13-25-4)28-29-24/h5-10,12-13,15-16,31H,11,14H2,1-4H3,(H,32,33)(H2,26,27,28,29)/t16-/m1/s1. The molecule has 0 fully saturated rings. The summed E-state index contributed by atoms with van der Waals surface area (Å²) < 4.78 is 0. The fraction of sp³-hybridized carbons (Fsp3) is 0.333. The number of aromatic hydroxyl groups is 1. The number of H-pyrrole nitrogens is 1. The molecule has 0 saturated carbocycles. The minimum atomic E-state index is -0.843. The van der Waals surface area contributed by atoms with Crippen LogP contribution in [0.4, 0.5) is 23.0 Å². The maximum Gasteiger partial charge on any atom is 0.303 e. The minimum Gasteiger partial charge on any atom is -0.508 e. The predicted molar refractivity (Wildman–Crippen MR) is 130 cm³/mol. The summed E-state index contributed by atoms with van der Waals surface area (Å²) in [7, 11) is 1.66. The Balaban J connectivity index is 2.07. The number of phenols is 1. The number of carboxylic acids is 1. The van der Waals surface area contributed by atoms with Gasteiger partial charge in [0.15, 0.2) is 5.82 Å². The number of benzene rings is 2. The summed E-state index contributed by atoms with van der Waals surface area (Å²) in [5.74, 6) is 0.445. The molecule has 0 radical (unpaired) electrons. The highest BCUT2D eigenvalue weighted by molar-refractivity contribution is 5.81. The van der Waals surface area contributed by atoms with Crippen molar-refractivity contribution in [3.05, 3.63) is 53.9 Å². The molecule has 2 aromatic carbocycles. The molecule has 1 atom stereocenters. The maximum atomic E-state index is 11.3. The number of aromatic nitrogens is 3. The molecule has 1 aromatic heterocycles. The van der Waals surface area contributed by atoms with E-state index < -0.39 is 5.97 Å². The molecule has 0 aliphatic rings. The highest BCUT2D eigenvalue weighted by Gasteiger charge is 2.19. The van der Waals surface area contributed by atoms with Crippen molar-refractivity contribution in [2.24, 2.45) is 10.9 Å². The molecule has 3 aromatic rings. The van der Waals surface area contributed by atoms with Crippen molar-refractivity contribution in [2.75, 3.05) is 23.8 Å². The Morgan fingerprint density at radius 2 is 1.94 bits per heavy atom. The highest BCUT2D eigenvalue weighted by atomic mass is 16.4. The Labute approximate surface area is 193 Å². The summed E-state index contributed by atoms with van der Waals surface area (Å²) >= 11 is 0. The van der Waals surface area contributed by atoms with Crippen LogP contribution in [0.3, 0.4) is 0 Å². The molecule has 9 nitrogen and oxygen atoms in total. The Bertz CT molecular complexity index is 1110. The largest absolute Gasteiger partial charge is 0.508 e. The zero-order chi connectivity index (χ0) is 24.0. The molecule has 33 heavy (non-hydrogen) atoms. The van der Waals surface area contributed by atoms with Gasteiger partial charge in [-0.25, -0.2) is 0 Å². The zero-order valence-electron chi connectivity index (χ0n) is 19.3. The van der Waals surface area contributed by atoms with Crippen molar-refractivity contribution >= 4 is 35.2 Å². The Morgan fingerprint density at radius 3 is 2.58 bits per heavy atom. The third-order valence-corrected chi connectivity index (χ3v) is 5.07. The maximum absolute atomic E-state index is 11.3. The molecule has 0 unspecified atom stereocenters. The van der Waals surface area contributed by atoms with Crippen molar-refractivity contribution < 1.29 is 15.0 Å². The summed E-state index contributed by atoms with van der Waals surface area (Å²) in [5, 5.41) is 29.3. The molecule has 0 saturated heterocycles. The smallest absolute Gasteiger partial charge is 0.303 e. The van der Waals surface area contributed by atoms with Crippen molar-refractivity contribution in [1.82, 2.24) is 15.2 Å². The lowest BCUT2D eigenvalue weighted by atomic mass is 9.96. The van der Waals surface area contributed by atoms with Crippen molar-refractivity contribution in [2.45, 2.75) is 33.1 Å². The van der Waals surface area contributed by atoms with Crippen LogP contribution in [0.1, 0.15) is 44.5 Å². The summed E-state index contributed by atoms with van der Waals surface area (Å²) in [6.07, 6.45) is 1.61. The number of phenolic OH excluding ortho intramolecular Hbond substituents is 1. The molecule has 3 rings (SSSR count). The number of carboxylic acid groups (broad SMARTS) is 1. The number of nitrogens with zero attached hydrogens (tertiary/aromatic N) is 4. The molecule has 0 bridgehead atoms. The van der Waals surface area contributed by atoms with Crippen LogP contribution in [0.5, 0.6) is 5.75 Å². The Morgan fingerprint density at radius 1 is 1.21 bits per heavy atom. The van der Waals surface area contributed by atoms with Crippen LogP contribution in [0.25, 0.3) is 0 Å². The van der Waals surface area contributed by atoms with Gasteiger partial charge in [-0.05, 0) is 53.8 Å². The number of rotatable bonds is 10. The third-order valence-electron chi connectivity index (χ3n) is 5.07. The van der Waals surface area contributed by atoms with Crippen LogP contribution in [0.2, 0.25) is 0 Å². The lowest BCUT2D eigenvalue weighted by Gasteiger charge is -2.29. The Kier molecular flexibility index (Phi) is 7.66. The second-order valence-electron chi connectivity index (χ2n) is 8.35. The average molecular weight is 451 g/mol. The van der Waals surface area contributed by atoms with E-state index in [2.05, 4.69) is 44.2 Å². The van der Waals surface area contributed by atoms with E-state index in [0.29, 0.717) is 17.7 Å². The Hall–Kier alpha value is -3.88. The van der Waals surface area contributed by atoms with Crippen LogP contribution in [0, 0.1) is 5.92 Å².